The second kappa shape index (κ2) is 6.64. The summed E-state index contributed by atoms with van der Waals surface area (Å²) in [6.07, 6.45) is 0. The van der Waals surface area contributed by atoms with Crippen molar-refractivity contribution in [2.75, 3.05) is 0 Å². The van der Waals surface area contributed by atoms with Gasteiger partial charge >= 0.3 is 0 Å². The van der Waals surface area contributed by atoms with Crippen LogP contribution in [-0.2, 0) is 4.79 Å². The van der Waals surface area contributed by atoms with Gasteiger partial charge < -0.3 is 4.74 Å². The molecule has 0 aliphatic carbocycles. The number of hydrogen-bond acceptors (Lipinski definition) is 2. The average molecular weight is 320 g/mol. The van der Waals surface area contributed by atoms with E-state index in [-0.39, 0.29) is 23.5 Å². The first-order chi connectivity index (χ1) is 11.5. The smallest absolute Gasteiger partial charge is 0.146 e. The number of Topliss-reactive ketones (excluding diaryl/α,β-unsaturated/α-hetero) is 1. The van der Waals surface area contributed by atoms with E-state index in [0.717, 1.165) is 28.2 Å². The Kier molecular flexibility index (Phi) is 4.57. The number of fused-ring (bicyclic) bond motifs is 1. The summed E-state index contributed by atoms with van der Waals surface area (Å²) in [6.45, 7) is 7.97. The van der Waals surface area contributed by atoms with Crippen LogP contribution in [0.2, 0.25) is 0 Å². The third-order valence-electron chi connectivity index (χ3n) is 4.62. The maximum atomic E-state index is 13.1. The van der Waals surface area contributed by atoms with Crippen molar-refractivity contribution < 1.29 is 9.53 Å². The predicted octanol–water partition coefficient (Wildman–Crippen LogP) is 5.35. The van der Waals surface area contributed by atoms with Crippen LogP contribution in [0, 0.1) is 11.8 Å². The number of hydrogen-bond donors (Lipinski definition) is 0. The molecule has 2 unspecified atom stereocenters. The van der Waals surface area contributed by atoms with Crippen molar-refractivity contribution in [2.45, 2.75) is 33.6 Å². The Labute approximate surface area is 144 Å². The molecule has 1 aliphatic heterocycles. The van der Waals surface area contributed by atoms with Crippen LogP contribution in [0.25, 0.3) is 0 Å². The van der Waals surface area contributed by atoms with Gasteiger partial charge in [0.25, 0.3) is 0 Å². The number of carbonyl (C=O) groups is 1. The van der Waals surface area contributed by atoms with Gasteiger partial charge in [0.2, 0.25) is 0 Å². The van der Waals surface area contributed by atoms with E-state index in [9.17, 15) is 4.79 Å². The molecule has 2 heteroatoms. The maximum Gasteiger partial charge on any atom is 0.146 e. The number of benzene rings is 2. The molecule has 1 aliphatic rings. The lowest BCUT2D eigenvalue weighted by molar-refractivity contribution is -0.126. The Morgan fingerprint density at radius 3 is 2.21 bits per heavy atom. The van der Waals surface area contributed by atoms with Crippen LogP contribution in [0.4, 0.5) is 0 Å². The molecule has 124 valence electrons. The van der Waals surface area contributed by atoms with Gasteiger partial charge in [0, 0.05) is 17.4 Å². The molecule has 2 nitrogen and oxygen atoms in total. The third kappa shape index (κ3) is 2.89. The van der Waals surface area contributed by atoms with Gasteiger partial charge in [-0.1, -0.05) is 62.4 Å². The minimum Gasteiger partial charge on any atom is -0.461 e. The standard InChI is InChI=1S/C22H24O2/c1-14(2)21(23)20-19(16-10-6-5-7-11-16)17-12-8-9-13-18(17)24-22(20)15(3)4/h5-14,19-20H,1-4H3. The fourth-order valence-electron chi connectivity index (χ4n) is 3.44. The molecule has 0 N–H and O–H groups in total. The number of rotatable bonds is 3. The molecule has 1 heterocycles. The molecule has 0 radical (unpaired) electrons. The monoisotopic (exact) mass is 320 g/mol. The van der Waals surface area contributed by atoms with Crippen molar-refractivity contribution in [3.63, 3.8) is 0 Å². The number of ether oxygens (including phenoxy) is 1. The molecule has 3 rings (SSSR count). The van der Waals surface area contributed by atoms with E-state index in [1.807, 2.05) is 64.1 Å². The Hall–Kier alpha value is -2.35. The highest BCUT2D eigenvalue weighted by atomic mass is 16.5. The van der Waals surface area contributed by atoms with Gasteiger partial charge in [-0.3, -0.25) is 4.79 Å². The van der Waals surface area contributed by atoms with E-state index in [4.69, 9.17) is 4.74 Å². The highest BCUT2D eigenvalue weighted by Crippen LogP contribution is 2.47. The summed E-state index contributed by atoms with van der Waals surface area (Å²) < 4.78 is 6.19. The zero-order valence-corrected chi connectivity index (χ0v) is 14.7. The van der Waals surface area contributed by atoms with Gasteiger partial charge in [0.1, 0.15) is 17.3 Å². The van der Waals surface area contributed by atoms with Crippen LogP contribution in [-0.4, -0.2) is 5.78 Å². The minimum atomic E-state index is -0.271. The van der Waals surface area contributed by atoms with Gasteiger partial charge in [0.05, 0.1) is 5.92 Å². The number of ketones is 1. The Bertz CT molecular complexity index is 768. The normalized spacial score (nSPS) is 19.6. The van der Waals surface area contributed by atoms with Crippen LogP contribution in [0.15, 0.2) is 65.9 Å². The summed E-state index contributed by atoms with van der Waals surface area (Å²) in [5, 5.41) is 0. The van der Waals surface area contributed by atoms with E-state index in [1.165, 1.54) is 0 Å². The first-order valence-electron chi connectivity index (χ1n) is 8.53. The number of carbonyl (C=O) groups excluding carboxylic acids is 1. The summed E-state index contributed by atoms with van der Waals surface area (Å²) in [5.41, 5.74) is 3.31. The van der Waals surface area contributed by atoms with E-state index < -0.39 is 0 Å². The zero-order chi connectivity index (χ0) is 17.3. The summed E-state index contributed by atoms with van der Waals surface area (Å²) in [4.78, 5) is 13.1. The second-order valence-electron chi connectivity index (χ2n) is 6.93. The molecule has 2 aromatic rings. The van der Waals surface area contributed by atoms with Crippen LogP contribution >= 0.6 is 0 Å². The van der Waals surface area contributed by atoms with Crippen molar-refractivity contribution in [1.82, 2.24) is 0 Å². The third-order valence-corrected chi connectivity index (χ3v) is 4.62. The van der Waals surface area contributed by atoms with Crippen LogP contribution < -0.4 is 4.74 Å². The first-order valence-corrected chi connectivity index (χ1v) is 8.53. The zero-order valence-electron chi connectivity index (χ0n) is 14.7. The Balaban J connectivity index is 2.25. The molecule has 0 amide bonds. The first kappa shape index (κ1) is 16.5. The molecule has 0 aromatic heterocycles. The quantitative estimate of drug-likeness (QED) is 0.762. The van der Waals surface area contributed by atoms with Gasteiger partial charge in [-0.25, -0.2) is 0 Å². The van der Waals surface area contributed by atoms with Crippen LogP contribution in [0.5, 0.6) is 5.75 Å². The fourth-order valence-corrected chi connectivity index (χ4v) is 3.44. The molecule has 0 bridgehead atoms. The lowest BCUT2D eigenvalue weighted by Crippen LogP contribution is -2.34. The molecular weight excluding hydrogens is 296 g/mol. The van der Waals surface area contributed by atoms with Gasteiger partial charge in [-0.2, -0.15) is 0 Å². The summed E-state index contributed by atoms with van der Waals surface area (Å²) in [7, 11) is 0. The molecule has 0 fully saturated rings. The molecule has 2 aromatic carbocycles. The second-order valence-corrected chi connectivity index (χ2v) is 6.93. The molecular formula is C22H24O2. The topological polar surface area (TPSA) is 26.3 Å². The molecule has 24 heavy (non-hydrogen) atoms. The maximum absolute atomic E-state index is 13.1. The van der Waals surface area contributed by atoms with Crippen molar-refractivity contribution in [1.29, 1.82) is 0 Å². The largest absolute Gasteiger partial charge is 0.461 e. The molecule has 0 saturated carbocycles. The summed E-state index contributed by atoms with van der Waals surface area (Å²) >= 11 is 0. The van der Waals surface area contributed by atoms with Crippen molar-refractivity contribution in [3.8, 4) is 5.75 Å². The summed E-state index contributed by atoms with van der Waals surface area (Å²) in [6, 6.07) is 18.4. The molecule has 0 saturated heterocycles. The minimum absolute atomic E-state index is 0.00375. The van der Waals surface area contributed by atoms with E-state index in [2.05, 4.69) is 18.2 Å². The highest BCUT2D eigenvalue weighted by molar-refractivity contribution is 5.87. The van der Waals surface area contributed by atoms with E-state index in [1.54, 1.807) is 0 Å². The number of para-hydroxylation sites is 1. The lowest BCUT2D eigenvalue weighted by atomic mass is 9.73. The van der Waals surface area contributed by atoms with Gasteiger partial charge in [-0.05, 0) is 31.1 Å². The average Bonchev–Trinajstić information content (AvgIpc) is 2.60. The molecule has 2 atom stereocenters. The van der Waals surface area contributed by atoms with Crippen molar-refractivity contribution in [3.05, 3.63) is 77.1 Å². The number of allylic oxidation sites excluding steroid dienone is 2. The van der Waals surface area contributed by atoms with Crippen molar-refractivity contribution >= 4 is 5.78 Å². The SMILES string of the molecule is CC(C)=C1Oc2ccccc2C(c2ccccc2)C1C(=O)C(C)C. The van der Waals surface area contributed by atoms with Gasteiger partial charge in [0.15, 0.2) is 0 Å². The summed E-state index contributed by atoms with van der Waals surface area (Å²) in [5.74, 6) is 1.58. The molecule has 0 spiro atoms. The van der Waals surface area contributed by atoms with E-state index >= 15 is 0 Å². The van der Waals surface area contributed by atoms with E-state index in [0.29, 0.717) is 0 Å². The van der Waals surface area contributed by atoms with Crippen molar-refractivity contribution in [2.24, 2.45) is 11.8 Å². The predicted molar refractivity (Wildman–Crippen MR) is 97.1 cm³/mol. The Morgan fingerprint density at radius 1 is 0.958 bits per heavy atom. The van der Waals surface area contributed by atoms with Crippen LogP contribution in [0.3, 0.4) is 0 Å². The fraction of sp³-hybridized carbons (Fsp3) is 0.318. The van der Waals surface area contributed by atoms with Gasteiger partial charge in [-0.15, -0.1) is 0 Å². The lowest BCUT2D eigenvalue weighted by Gasteiger charge is -2.36. The van der Waals surface area contributed by atoms with Crippen LogP contribution in [0.1, 0.15) is 44.7 Å². The Morgan fingerprint density at radius 2 is 1.58 bits per heavy atom. The highest BCUT2D eigenvalue weighted by Gasteiger charge is 2.41.